The summed E-state index contributed by atoms with van der Waals surface area (Å²) in [5.41, 5.74) is 6.67. The summed E-state index contributed by atoms with van der Waals surface area (Å²) in [6.07, 6.45) is 0.456. The second-order valence-electron chi connectivity index (χ2n) is 7.09. The van der Waals surface area contributed by atoms with Crippen LogP contribution in [0.3, 0.4) is 0 Å². The van der Waals surface area contributed by atoms with Crippen LogP contribution in [0.5, 0.6) is 5.75 Å². The van der Waals surface area contributed by atoms with Crippen molar-refractivity contribution >= 4 is 11.8 Å². The van der Waals surface area contributed by atoms with Gasteiger partial charge in [-0.3, -0.25) is 5.32 Å². The monoisotopic (exact) mass is 322 g/mol. The molecule has 1 saturated carbocycles. The lowest BCUT2D eigenvalue weighted by Gasteiger charge is -2.45. The van der Waals surface area contributed by atoms with E-state index in [-0.39, 0.29) is 11.5 Å². The molecular weight excluding hydrogens is 296 g/mol. The fourth-order valence-corrected chi connectivity index (χ4v) is 2.90. The lowest BCUT2D eigenvalue weighted by atomic mass is 9.63. The molecule has 1 aromatic rings. The highest BCUT2D eigenvalue weighted by atomic mass is 16.6. The highest BCUT2D eigenvalue weighted by Gasteiger charge is 2.44. The molecule has 0 bridgehead atoms. The van der Waals surface area contributed by atoms with Crippen LogP contribution in [-0.4, -0.2) is 36.6 Å². The Morgan fingerprint density at radius 1 is 1.43 bits per heavy atom. The normalized spacial score (nSPS) is 23.8. The number of nitrogens with two attached hydrogens (primary N) is 1. The van der Waals surface area contributed by atoms with Crippen molar-refractivity contribution < 1.29 is 19.4 Å². The largest absolute Gasteiger partial charge is 0.495 e. The average Bonchev–Trinajstić information content (AvgIpc) is 2.42. The van der Waals surface area contributed by atoms with Crippen LogP contribution >= 0.6 is 0 Å². The van der Waals surface area contributed by atoms with Crippen LogP contribution in [0.25, 0.3) is 0 Å². The van der Waals surface area contributed by atoms with Crippen LogP contribution in [-0.2, 0) is 10.2 Å². The Balaban J connectivity index is 2.19. The molecule has 23 heavy (non-hydrogen) atoms. The van der Waals surface area contributed by atoms with Crippen molar-refractivity contribution in [3.63, 3.8) is 0 Å². The fourth-order valence-electron chi connectivity index (χ4n) is 2.90. The van der Waals surface area contributed by atoms with Gasteiger partial charge in [0.25, 0.3) is 0 Å². The maximum Gasteiger partial charge on any atom is 0.412 e. The van der Waals surface area contributed by atoms with Crippen molar-refractivity contribution in [2.45, 2.75) is 50.7 Å². The summed E-state index contributed by atoms with van der Waals surface area (Å²) in [6.45, 7) is 5.88. The summed E-state index contributed by atoms with van der Waals surface area (Å²) in [7, 11) is 1.55. The number of carbonyl (C=O) groups is 1. The molecule has 0 atom stereocenters. The van der Waals surface area contributed by atoms with Crippen molar-refractivity contribution in [3.8, 4) is 5.75 Å². The Hall–Kier alpha value is -1.79. The van der Waals surface area contributed by atoms with Crippen molar-refractivity contribution in [1.82, 2.24) is 0 Å². The van der Waals surface area contributed by atoms with Gasteiger partial charge in [0.1, 0.15) is 11.4 Å². The number of benzene rings is 1. The number of hydrogen-bond donors (Lipinski definition) is 3. The first-order chi connectivity index (χ1) is 10.7. The van der Waals surface area contributed by atoms with Crippen LogP contribution < -0.4 is 15.8 Å². The Labute approximate surface area is 137 Å². The molecule has 0 aromatic heterocycles. The van der Waals surface area contributed by atoms with E-state index in [1.807, 2.05) is 12.1 Å². The second-order valence-corrected chi connectivity index (χ2v) is 7.09. The lowest BCUT2D eigenvalue weighted by Crippen LogP contribution is -2.49. The number of methoxy groups -OCH3 is 1. The van der Waals surface area contributed by atoms with Gasteiger partial charge >= 0.3 is 6.09 Å². The number of aliphatic hydroxyl groups excluding tert-OH is 1. The molecule has 0 radical (unpaired) electrons. The average molecular weight is 322 g/mol. The molecule has 1 aliphatic carbocycles. The number of rotatable bonds is 4. The number of carbonyl (C=O) groups excluding carboxylic acids is 1. The molecule has 6 nitrogen and oxygen atoms in total. The van der Waals surface area contributed by atoms with Crippen LogP contribution in [0.15, 0.2) is 18.2 Å². The number of amides is 1. The minimum Gasteiger partial charge on any atom is -0.495 e. The molecule has 0 unspecified atom stereocenters. The van der Waals surface area contributed by atoms with Crippen molar-refractivity contribution in [3.05, 3.63) is 23.8 Å². The zero-order valence-corrected chi connectivity index (χ0v) is 14.2. The SMILES string of the molecule is COc1cc(C2(CN)CC(O)C2)ccc1NC(=O)OC(C)(C)C. The smallest absolute Gasteiger partial charge is 0.412 e. The van der Waals surface area contributed by atoms with E-state index in [1.54, 1.807) is 33.9 Å². The standard InChI is InChI=1S/C17H26N2O4/c1-16(2,3)23-15(21)19-13-6-5-11(7-14(13)22-4)17(10-18)8-12(20)9-17/h5-7,12,20H,8-10,18H2,1-4H3,(H,19,21). The van der Waals surface area contributed by atoms with Crippen LogP contribution in [0.1, 0.15) is 39.2 Å². The summed E-state index contributed by atoms with van der Waals surface area (Å²) in [5.74, 6) is 0.544. The predicted molar refractivity (Wildman–Crippen MR) is 88.8 cm³/mol. The van der Waals surface area contributed by atoms with E-state index in [0.29, 0.717) is 30.8 Å². The minimum absolute atomic E-state index is 0.211. The van der Waals surface area contributed by atoms with Gasteiger partial charge in [0.05, 0.1) is 18.9 Å². The molecule has 4 N–H and O–H groups in total. The Morgan fingerprint density at radius 2 is 2.09 bits per heavy atom. The van der Waals surface area contributed by atoms with Gasteiger partial charge in [-0.05, 0) is 51.3 Å². The number of aliphatic hydroxyl groups is 1. The molecule has 1 amide bonds. The van der Waals surface area contributed by atoms with Gasteiger partial charge in [-0.25, -0.2) is 4.79 Å². The molecule has 0 spiro atoms. The maximum atomic E-state index is 11.9. The number of anilines is 1. The quantitative estimate of drug-likeness (QED) is 0.791. The van der Waals surface area contributed by atoms with Gasteiger partial charge in [-0.2, -0.15) is 0 Å². The number of hydrogen-bond acceptors (Lipinski definition) is 5. The van der Waals surface area contributed by atoms with E-state index in [0.717, 1.165) is 5.56 Å². The van der Waals surface area contributed by atoms with Crippen LogP contribution in [0, 0.1) is 0 Å². The Morgan fingerprint density at radius 3 is 2.57 bits per heavy atom. The Bertz CT molecular complexity index is 574. The molecule has 128 valence electrons. The van der Waals surface area contributed by atoms with Gasteiger partial charge in [0.15, 0.2) is 0 Å². The summed E-state index contributed by atoms with van der Waals surface area (Å²) >= 11 is 0. The summed E-state index contributed by atoms with van der Waals surface area (Å²) < 4.78 is 10.6. The van der Waals surface area contributed by atoms with Crippen molar-refractivity contribution in [2.75, 3.05) is 19.0 Å². The minimum atomic E-state index is -0.567. The third kappa shape index (κ3) is 3.95. The number of ether oxygens (including phenoxy) is 2. The molecule has 0 heterocycles. The molecule has 0 aliphatic heterocycles. The first-order valence-corrected chi connectivity index (χ1v) is 7.76. The third-order valence-electron chi connectivity index (χ3n) is 4.09. The second kappa shape index (κ2) is 6.37. The molecule has 0 saturated heterocycles. The highest BCUT2D eigenvalue weighted by Crippen LogP contribution is 2.45. The first kappa shape index (κ1) is 17.6. The summed E-state index contributed by atoms with van der Waals surface area (Å²) in [4.78, 5) is 11.9. The first-order valence-electron chi connectivity index (χ1n) is 7.76. The van der Waals surface area contributed by atoms with E-state index in [1.165, 1.54) is 0 Å². The van der Waals surface area contributed by atoms with Gasteiger partial charge in [-0.1, -0.05) is 6.07 Å². The van der Waals surface area contributed by atoms with E-state index >= 15 is 0 Å². The Kier molecular flexibility index (Phi) is 4.87. The lowest BCUT2D eigenvalue weighted by molar-refractivity contribution is 0.0221. The molecule has 1 fully saturated rings. The topological polar surface area (TPSA) is 93.8 Å². The van der Waals surface area contributed by atoms with Crippen molar-refractivity contribution in [1.29, 1.82) is 0 Å². The van der Waals surface area contributed by atoms with Gasteiger partial charge in [-0.15, -0.1) is 0 Å². The third-order valence-corrected chi connectivity index (χ3v) is 4.09. The van der Waals surface area contributed by atoms with E-state index in [2.05, 4.69) is 5.32 Å². The fraction of sp³-hybridized carbons (Fsp3) is 0.588. The van der Waals surface area contributed by atoms with E-state index in [9.17, 15) is 9.90 Å². The molecule has 1 aliphatic rings. The molecule has 6 heteroatoms. The van der Waals surface area contributed by atoms with E-state index < -0.39 is 11.7 Å². The van der Waals surface area contributed by atoms with Crippen LogP contribution in [0.2, 0.25) is 0 Å². The van der Waals surface area contributed by atoms with Gasteiger partial charge < -0.3 is 20.3 Å². The number of nitrogens with one attached hydrogen (secondary N) is 1. The zero-order chi connectivity index (χ0) is 17.3. The molecule has 2 rings (SSSR count). The molecule has 1 aromatic carbocycles. The van der Waals surface area contributed by atoms with E-state index in [4.69, 9.17) is 15.2 Å². The van der Waals surface area contributed by atoms with Crippen molar-refractivity contribution in [2.24, 2.45) is 5.73 Å². The van der Waals surface area contributed by atoms with Gasteiger partial charge in [0.2, 0.25) is 0 Å². The molecular formula is C17H26N2O4. The zero-order valence-electron chi connectivity index (χ0n) is 14.2. The maximum absolute atomic E-state index is 11.9. The van der Waals surface area contributed by atoms with Crippen LogP contribution in [0.4, 0.5) is 10.5 Å². The highest BCUT2D eigenvalue weighted by molar-refractivity contribution is 5.87. The summed E-state index contributed by atoms with van der Waals surface area (Å²) in [6, 6.07) is 5.56. The summed E-state index contributed by atoms with van der Waals surface area (Å²) in [5, 5.41) is 12.3. The predicted octanol–water partition coefficient (Wildman–Crippen LogP) is 2.39. The van der Waals surface area contributed by atoms with Gasteiger partial charge in [0, 0.05) is 12.0 Å².